The maximum absolute atomic E-state index is 11.1. The summed E-state index contributed by atoms with van der Waals surface area (Å²) in [6.07, 6.45) is 2.62. The number of rotatable bonds is 6. The van der Waals surface area contributed by atoms with Gasteiger partial charge >= 0.3 is 5.97 Å². The summed E-state index contributed by atoms with van der Waals surface area (Å²) in [6, 6.07) is 0.607. The van der Waals surface area contributed by atoms with Crippen LogP contribution in [0.3, 0.4) is 0 Å². The van der Waals surface area contributed by atoms with E-state index in [-0.39, 0.29) is 5.56 Å². The molecule has 1 atom stereocenters. The van der Waals surface area contributed by atoms with Gasteiger partial charge in [-0.3, -0.25) is 4.68 Å². The number of hydrogen-bond acceptors (Lipinski definition) is 4. The van der Waals surface area contributed by atoms with E-state index in [2.05, 4.69) is 29.2 Å². The van der Waals surface area contributed by atoms with Crippen molar-refractivity contribution < 1.29 is 9.90 Å². The molecule has 1 aliphatic rings. The standard InChI is InChI=1S/C14H24N4O2/c1-10(2)18-5-4-11(9-18)6-15-8-13-12(14(19)20)7-16-17(13)3/h7,10-11,15H,4-6,8-9H2,1-3H3,(H,19,20). The first-order valence-corrected chi connectivity index (χ1v) is 7.18. The summed E-state index contributed by atoms with van der Waals surface area (Å²) in [5.41, 5.74) is 1.02. The minimum atomic E-state index is -0.915. The molecule has 0 spiro atoms. The summed E-state index contributed by atoms with van der Waals surface area (Å²) in [7, 11) is 1.78. The van der Waals surface area contributed by atoms with Gasteiger partial charge in [-0.1, -0.05) is 0 Å². The average Bonchev–Trinajstić information content (AvgIpc) is 2.97. The third-order valence-corrected chi connectivity index (χ3v) is 4.07. The zero-order chi connectivity index (χ0) is 14.7. The lowest BCUT2D eigenvalue weighted by Crippen LogP contribution is -2.31. The van der Waals surface area contributed by atoms with Crippen LogP contribution in [-0.2, 0) is 13.6 Å². The number of carboxylic acid groups (broad SMARTS) is 1. The summed E-state index contributed by atoms with van der Waals surface area (Å²) >= 11 is 0. The molecular formula is C14H24N4O2. The van der Waals surface area contributed by atoms with Gasteiger partial charge in [-0.05, 0) is 39.3 Å². The predicted octanol–water partition coefficient (Wildman–Crippen LogP) is 0.938. The lowest BCUT2D eigenvalue weighted by molar-refractivity contribution is 0.0695. The van der Waals surface area contributed by atoms with Crippen LogP contribution in [0.25, 0.3) is 0 Å². The minimum absolute atomic E-state index is 0.287. The van der Waals surface area contributed by atoms with E-state index >= 15 is 0 Å². The zero-order valence-corrected chi connectivity index (χ0v) is 12.5. The maximum Gasteiger partial charge on any atom is 0.339 e. The molecule has 0 bridgehead atoms. The molecule has 1 aliphatic heterocycles. The van der Waals surface area contributed by atoms with E-state index < -0.39 is 5.97 Å². The molecule has 0 aromatic carbocycles. The van der Waals surface area contributed by atoms with Gasteiger partial charge in [0.25, 0.3) is 0 Å². The van der Waals surface area contributed by atoms with Crippen molar-refractivity contribution in [3.63, 3.8) is 0 Å². The lowest BCUT2D eigenvalue weighted by atomic mass is 10.1. The van der Waals surface area contributed by atoms with Crippen molar-refractivity contribution in [1.29, 1.82) is 0 Å². The van der Waals surface area contributed by atoms with Gasteiger partial charge in [-0.2, -0.15) is 5.10 Å². The number of aromatic nitrogens is 2. The van der Waals surface area contributed by atoms with Crippen LogP contribution in [0, 0.1) is 5.92 Å². The molecule has 0 saturated carbocycles. The van der Waals surface area contributed by atoms with Crippen LogP contribution < -0.4 is 5.32 Å². The molecule has 20 heavy (non-hydrogen) atoms. The van der Waals surface area contributed by atoms with Crippen LogP contribution in [0.2, 0.25) is 0 Å². The molecule has 0 aliphatic carbocycles. The molecule has 112 valence electrons. The molecule has 0 radical (unpaired) electrons. The quantitative estimate of drug-likeness (QED) is 0.811. The molecule has 6 heteroatoms. The average molecular weight is 280 g/mol. The Balaban J connectivity index is 1.82. The van der Waals surface area contributed by atoms with Crippen molar-refractivity contribution in [2.75, 3.05) is 19.6 Å². The van der Waals surface area contributed by atoms with Gasteiger partial charge in [0.15, 0.2) is 0 Å². The summed E-state index contributed by atoms with van der Waals surface area (Å²) in [5.74, 6) is -0.263. The summed E-state index contributed by atoms with van der Waals surface area (Å²) in [5, 5.41) is 16.5. The zero-order valence-electron chi connectivity index (χ0n) is 12.5. The Labute approximate surface area is 119 Å². The van der Waals surface area contributed by atoms with Gasteiger partial charge in [-0.25, -0.2) is 4.79 Å². The normalized spacial score (nSPS) is 19.9. The fraction of sp³-hybridized carbons (Fsp3) is 0.714. The van der Waals surface area contributed by atoms with Gasteiger partial charge in [-0.15, -0.1) is 0 Å². The van der Waals surface area contributed by atoms with Gasteiger partial charge in [0, 0.05) is 26.2 Å². The van der Waals surface area contributed by atoms with E-state index in [0.717, 1.165) is 25.3 Å². The first-order valence-electron chi connectivity index (χ1n) is 7.18. The fourth-order valence-corrected chi connectivity index (χ4v) is 2.74. The van der Waals surface area contributed by atoms with Gasteiger partial charge in [0.2, 0.25) is 0 Å². The lowest BCUT2D eigenvalue weighted by Gasteiger charge is -2.20. The van der Waals surface area contributed by atoms with Crippen molar-refractivity contribution in [2.45, 2.75) is 32.9 Å². The first-order chi connectivity index (χ1) is 9.49. The van der Waals surface area contributed by atoms with Crippen LogP contribution in [0.4, 0.5) is 0 Å². The van der Waals surface area contributed by atoms with Crippen molar-refractivity contribution in [3.8, 4) is 0 Å². The van der Waals surface area contributed by atoms with Gasteiger partial charge in [0.1, 0.15) is 5.56 Å². The Morgan fingerprint density at radius 1 is 1.60 bits per heavy atom. The number of nitrogens with one attached hydrogen (secondary N) is 1. The number of aryl methyl sites for hydroxylation is 1. The Bertz CT molecular complexity index is 470. The third-order valence-electron chi connectivity index (χ3n) is 4.07. The van der Waals surface area contributed by atoms with E-state index in [1.165, 1.54) is 12.6 Å². The highest BCUT2D eigenvalue weighted by molar-refractivity contribution is 5.88. The second kappa shape index (κ2) is 6.37. The Hall–Kier alpha value is -1.40. The Morgan fingerprint density at radius 3 is 2.95 bits per heavy atom. The van der Waals surface area contributed by atoms with E-state index in [4.69, 9.17) is 5.11 Å². The smallest absolute Gasteiger partial charge is 0.339 e. The highest BCUT2D eigenvalue weighted by Crippen LogP contribution is 2.17. The summed E-state index contributed by atoms with van der Waals surface area (Å²) in [4.78, 5) is 13.6. The highest BCUT2D eigenvalue weighted by atomic mass is 16.4. The SMILES string of the molecule is CC(C)N1CCC(CNCc2c(C(=O)O)cnn2C)C1. The first kappa shape index (κ1) is 15.0. The molecule has 0 amide bonds. The second-order valence-electron chi connectivity index (χ2n) is 5.81. The molecule has 2 heterocycles. The number of carboxylic acids is 1. The van der Waals surface area contributed by atoms with Crippen LogP contribution in [0.5, 0.6) is 0 Å². The maximum atomic E-state index is 11.1. The van der Waals surface area contributed by atoms with Crippen molar-refractivity contribution in [1.82, 2.24) is 20.0 Å². The molecule has 2 rings (SSSR count). The molecule has 1 aromatic heterocycles. The van der Waals surface area contributed by atoms with Crippen molar-refractivity contribution in [2.24, 2.45) is 13.0 Å². The van der Waals surface area contributed by atoms with Gasteiger partial charge < -0.3 is 15.3 Å². The molecule has 1 unspecified atom stereocenters. The van der Waals surface area contributed by atoms with Crippen molar-refractivity contribution in [3.05, 3.63) is 17.5 Å². The summed E-state index contributed by atoms with van der Waals surface area (Å²) < 4.78 is 1.63. The van der Waals surface area contributed by atoms with Crippen LogP contribution in [0.15, 0.2) is 6.20 Å². The number of aromatic carboxylic acids is 1. The molecule has 1 aromatic rings. The number of nitrogens with zero attached hydrogens (tertiary/aromatic N) is 3. The monoisotopic (exact) mass is 280 g/mol. The van der Waals surface area contributed by atoms with Crippen LogP contribution in [0.1, 0.15) is 36.3 Å². The molecule has 1 fully saturated rings. The molecular weight excluding hydrogens is 256 g/mol. The highest BCUT2D eigenvalue weighted by Gasteiger charge is 2.24. The number of likely N-dealkylation sites (tertiary alicyclic amines) is 1. The second-order valence-corrected chi connectivity index (χ2v) is 5.81. The van der Waals surface area contributed by atoms with E-state index in [0.29, 0.717) is 18.5 Å². The van der Waals surface area contributed by atoms with Gasteiger partial charge in [0.05, 0.1) is 11.9 Å². The van der Waals surface area contributed by atoms with Crippen molar-refractivity contribution >= 4 is 5.97 Å². The topological polar surface area (TPSA) is 70.4 Å². The Kier molecular flexibility index (Phi) is 4.77. The number of carbonyl (C=O) groups is 1. The number of hydrogen-bond donors (Lipinski definition) is 2. The van der Waals surface area contributed by atoms with Crippen LogP contribution >= 0.6 is 0 Å². The molecule has 6 nitrogen and oxygen atoms in total. The molecule has 2 N–H and O–H groups in total. The molecule has 1 saturated heterocycles. The minimum Gasteiger partial charge on any atom is -0.478 e. The largest absolute Gasteiger partial charge is 0.478 e. The fourth-order valence-electron chi connectivity index (χ4n) is 2.74. The third kappa shape index (κ3) is 3.37. The van der Waals surface area contributed by atoms with E-state index in [1.807, 2.05) is 0 Å². The van der Waals surface area contributed by atoms with Crippen LogP contribution in [-0.4, -0.2) is 51.4 Å². The van der Waals surface area contributed by atoms with E-state index in [9.17, 15) is 4.79 Å². The Morgan fingerprint density at radius 2 is 2.35 bits per heavy atom. The summed E-state index contributed by atoms with van der Waals surface area (Å²) in [6.45, 7) is 8.22. The predicted molar refractivity (Wildman–Crippen MR) is 76.7 cm³/mol. The van der Waals surface area contributed by atoms with E-state index in [1.54, 1.807) is 11.7 Å².